The van der Waals surface area contributed by atoms with E-state index in [1.165, 1.54) is 5.56 Å². The molecule has 6 nitrogen and oxygen atoms in total. The van der Waals surface area contributed by atoms with Crippen LogP contribution in [0.25, 0.3) is 10.8 Å². The number of nitrogens with zero attached hydrogens (tertiary/aromatic N) is 5. The maximum absolute atomic E-state index is 5.84. The summed E-state index contributed by atoms with van der Waals surface area (Å²) >= 11 is 1.60. The van der Waals surface area contributed by atoms with Crippen molar-refractivity contribution < 1.29 is 4.42 Å². The standard InChI is InChI=1S/C15H15N5OS/c1-10(14-18-19-15(21-14)13-3-2-6-22-13)20-5-4-11-7-16-9-17-12(11)8-20/h2-3,6-7,9-10H,4-5,8H2,1H3/t10-/m1/s1. The van der Waals surface area contributed by atoms with Gasteiger partial charge in [-0.2, -0.15) is 0 Å². The third-order valence-corrected chi connectivity index (χ3v) is 4.84. The average Bonchev–Trinajstić information content (AvgIpc) is 3.24. The van der Waals surface area contributed by atoms with E-state index in [2.05, 4.69) is 32.0 Å². The molecule has 0 aromatic carbocycles. The predicted molar refractivity (Wildman–Crippen MR) is 82.2 cm³/mol. The van der Waals surface area contributed by atoms with E-state index in [1.54, 1.807) is 17.7 Å². The van der Waals surface area contributed by atoms with Crippen LogP contribution < -0.4 is 0 Å². The second-order valence-corrected chi connectivity index (χ2v) is 6.26. The summed E-state index contributed by atoms with van der Waals surface area (Å²) in [5.74, 6) is 1.25. The molecule has 112 valence electrons. The summed E-state index contributed by atoms with van der Waals surface area (Å²) in [6, 6.07) is 4.04. The van der Waals surface area contributed by atoms with Crippen LogP contribution in [-0.2, 0) is 13.0 Å². The Kier molecular flexibility index (Phi) is 3.44. The van der Waals surface area contributed by atoms with Gasteiger partial charge in [0.15, 0.2) is 0 Å². The maximum Gasteiger partial charge on any atom is 0.257 e. The number of rotatable bonds is 3. The third kappa shape index (κ3) is 2.42. The quantitative estimate of drug-likeness (QED) is 0.740. The highest BCUT2D eigenvalue weighted by Gasteiger charge is 2.26. The molecule has 1 aliphatic rings. The van der Waals surface area contributed by atoms with E-state index < -0.39 is 0 Å². The molecule has 4 heterocycles. The molecule has 0 spiro atoms. The van der Waals surface area contributed by atoms with Crippen molar-refractivity contribution in [2.24, 2.45) is 0 Å². The van der Waals surface area contributed by atoms with Crippen molar-refractivity contribution in [3.05, 3.63) is 47.2 Å². The molecule has 4 rings (SSSR count). The summed E-state index contributed by atoms with van der Waals surface area (Å²) in [6.45, 7) is 3.83. The molecule has 3 aromatic rings. The smallest absolute Gasteiger partial charge is 0.257 e. The molecule has 0 saturated heterocycles. The second-order valence-electron chi connectivity index (χ2n) is 5.31. The Morgan fingerprint density at radius 2 is 2.32 bits per heavy atom. The molecule has 0 aliphatic carbocycles. The fraction of sp³-hybridized carbons (Fsp3) is 0.333. The molecule has 0 fully saturated rings. The van der Waals surface area contributed by atoms with Crippen LogP contribution in [-0.4, -0.2) is 31.6 Å². The minimum atomic E-state index is 0.0735. The lowest BCUT2D eigenvalue weighted by molar-refractivity contribution is 0.164. The van der Waals surface area contributed by atoms with E-state index in [4.69, 9.17) is 4.42 Å². The summed E-state index contributed by atoms with van der Waals surface area (Å²) < 4.78 is 5.84. The van der Waals surface area contributed by atoms with E-state index in [9.17, 15) is 0 Å². The average molecular weight is 313 g/mol. The third-order valence-electron chi connectivity index (χ3n) is 3.98. The molecule has 0 bridgehead atoms. The van der Waals surface area contributed by atoms with E-state index in [0.29, 0.717) is 11.8 Å². The van der Waals surface area contributed by atoms with Crippen LogP contribution in [0.2, 0.25) is 0 Å². The van der Waals surface area contributed by atoms with Gasteiger partial charge in [0.25, 0.3) is 5.89 Å². The zero-order valence-corrected chi connectivity index (χ0v) is 13.0. The zero-order valence-electron chi connectivity index (χ0n) is 12.1. The Bertz CT molecular complexity index is 770. The van der Waals surface area contributed by atoms with Gasteiger partial charge in [-0.15, -0.1) is 21.5 Å². The lowest BCUT2D eigenvalue weighted by Crippen LogP contribution is -2.33. The van der Waals surface area contributed by atoms with Crippen molar-refractivity contribution >= 4 is 11.3 Å². The first kappa shape index (κ1) is 13.5. The van der Waals surface area contributed by atoms with Crippen molar-refractivity contribution in [2.45, 2.75) is 25.9 Å². The largest absolute Gasteiger partial charge is 0.418 e. The van der Waals surface area contributed by atoms with Gasteiger partial charge in [-0.1, -0.05) is 6.07 Å². The van der Waals surface area contributed by atoms with Gasteiger partial charge in [-0.25, -0.2) is 9.97 Å². The number of aromatic nitrogens is 4. The van der Waals surface area contributed by atoms with Crippen molar-refractivity contribution in [2.75, 3.05) is 6.54 Å². The lowest BCUT2D eigenvalue weighted by Gasteiger charge is -2.30. The Morgan fingerprint density at radius 1 is 1.36 bits per heavy atom. The molecular weight excluding hydrogens is 298 g/mol. The van der Waals surface area contributed by atoms with Crippen molar-refractivity contribution in [1.29, 1.82) is 0 Å². The Labute approximate surface area is 131 Å². The number of thiophene rings is 1. The predicted octanol–water partition coefficient (Wildman–Crippen LogP) is 2.71. The molecule has 0 radical (unpaired) electrons. The van der Waals surface area contributed by atoms with Crippen LogP contribution in [0.15, 0.2) is 34.5 Å². The van der Waals surface area contributed by atoms with E-state index in [0.717, 1.165) is 30.1 Å². The van der Waals surface area contributed by atoms with Gasteiger partial charge < -0.3 is 4.42 Å². The summed E-state index contributed by atoms with van der Waals surface area (Å²) in [4.78, 5) is 11.8. The molecule has 22 heavy (non-hydrogen) atoms. The number of hydrogen-bond acceptors (Lipinski definition) is 7. The molecule has 0 saturated carbocycles. The minimum absolute atomic E-state index is 0.0735. The highest BCUT2D eigenvalue weighted by molar-refractivity contribution is 7.13. The van der Waals surface area contributed by atoms with Gasteiger partial charge in [-0.05, 0) is 30.4 Å². The molecule has 7 heteroatoms. The minimum Gasteiger partial charge on any atom is -0.418 e. The van der Waals surface area contributed by atoms with E-state index in [-0.39, 0.29) is 6.04 Å². The Morgan fingerprint density at radius 3 is 3.18 bits per heavy atom. The van der Waals surface area contributed by atoms with Crippen LogP contribution in [0, 0.1) is 0 Å². The van der Waals surface area contributed by atoms with Gasteiger partial charge in [0.1, 0.15) is 6.33 Å². The summed E-state index contributed by atoms with van der Waals surface area (Å²) in [5, 5.41) is 10.4. The van der Waals surface area contributed by atoms with Crippen LogP contribution in [0.1, 0.15) is 30.1 Å². The van der Waals surface area contributed by atoms with Gasteiger partial charge >= 0.3 is 0 Å². The van der Waals surface area contributed by atoms with Crippen molar-refractivity contribution in [3.63, 3.8) is 0 Å². The first-order valence-corrected chi connectivity index (χ1v) is 8.08. The summed E-state index contributed by atoms with van der Waals surface area (Å²) in [7, 11) is 0. The Hall–Kier alpha value is -2.12. The van der Waals surface area contributed by atoms with Gasteiger partial charge in [0.05, 0.1) is 16.6 Å². The van der Waals surface area contributed by atoms with Gasteiger partial charge in [-0.3, -0.25) is 4.90 Å². The van der Waals surface area contributed by atoms with Gasteiger partial charge in [0.2, 0.25) is 5.89 Å². The molecular formula is C15H15N5OS. The summed E-state index contributed by atoms with van der Waals surface area (Å²) in [5.41, 5.74) is 2.32. The van der Waals surface area contributed by atoms with Crippen molar-refractivity contribution in [1.82, 2.24) is 25.1 Å². The van der Waals surface area contributed by atoms with E-state index >= 15 is 0 Å². The highest BCUT2D eigenvalue weighted by Crippen LogP contribution is 2.29. The van der Waals surface area contributed by atoms with E-state index in [1.807, 2.05) is 23.7 Å². The van der Waals surface area contributed by atoms with Crippen molar-refractivity contribution in [3.8, 4) is 10.8 Å². The summed E-state index contributed by atoms with van der Waals surface area (Å²) in [6.07, 6.45) is 4.47. The van der Waals surface area contributed by atoms with Crippen LogP contribution in [0.3, 0.4) is 0 Å². The van der Waals surface area contributed by atoms with Gasteiger partial charge in [0, 0.05) is 19.3 Å². The number of hydrogen-bond donors (Lipinski definition) is 0. The first-order valence-electron chi connectivity index (χ1n) is 7.20. The van der Waals surface area contributed by atoms with Crippen LogP contribution >= 0.6 is 11.3 Å². The molecule has 0 amide bonds. The first-order chi connectivity index (χ1) is 10.8. The fourth-order valence-corrected chi connectivity index (χ4v) is 3.30. The second kappa shape index (κ2) is 5.58. The normalized spacial score (nSPS) is 16.4. The molecule has 3 aromatic heterocycles. The van der Waals surface area contributed by atoms with Crippen LogP contribution in [0.4, 0.5) is 0 Å². The molecule has 1 atom stereocenters. The SMILES string of the molecule is C[C@H](c1nnc(-c2cccs2)o1)N1CCc2cncnc2C1. The molecule has 0 unspecified atom stereocenters. The zero-order chi connectivity index (χ0) is 14.9. The fourth-order valence-electron chi connectivity index (χ4n) is 2.66. The van der Waals surface area contributed by atoms with Crippen LogP contribution in [0.5, 0.6) is 0 Å². The maximum atomic E-state index is 5.84. The number of fused-ring (bicyclic) bond motifs is 1. The highest BCUT2D eigenvalue weighted by atomic mass is 32.1. The molecule has 1 aliphatic heterocycles. The Balaban J connectivity index is 1.54. The lowest BCUT2D eigenvalue weighted by atomic mass is 10.1. The monoisotopic (exact) mass is 313 g/mol. The topological polar surface area (TPSA) is 67.9 Å². The molecule has 0 N–H and O–H groups in total.